The van der Waals surface area contributed by atoms with E-state index in [0.29, 0.717) is 12.0 Å². The van der Waals surface area contributed by atoms with E-state index in [0.717, 1.165) is 12.8 Å². The maximum atomic E-state index is 5.43. The Hall–Kier alpha value is -1.26. The van der Waals surface area contributed by atoms with Crippen LogP contribution in [-0.2, 0) is 0 Å². The van der Waals surface area contributed by atoms with Crippen molar-refractivity contribution in [2.75, 3.05) is 0 Å². The maximum Gasteiger partial charge on any atom is 0.218 e. The zero-order chi connectivity index (χ0) is 9.14. The molecule has 5 nitrogen and oxygen atoms in total. The Balaban J connectivity index is 2.43. The van der Waals surface area contributed by atoms with Crippen molar-refractivity contribution in [3.05, 3.63) is 0 Å². The average Bonchev–Trinajstić information content (AvgIpc) is 2.65. The summed E-state index contributed by atoms with van der Waals surface area (Å²) in [5, 5.41) is 0. The summed E-state index contributed by atoms with van der Waals surface area (Å²) < 4.78 is 0. The molecular formula is C7H15N5. The van der Waals surface area contributed by atoms with Crippen molar-refractivity contribution in [3.8, 4) is 0 Å². The number of guanidine groups is 2. The van der Waals surface area contributed by atoms with E-state index in [9.17, 15) is 0 Å². The van der Waals surface area contributed by atoms with Gasteiger partial charge in [0.1, 0.15) is 0 Å². The van der Waals surface area contributed by atoms with Gasteiger partial charge >= 0.3 is 0 Å². The van der Waals surface area contributed by atoms with E-state index in [2.05, 4.69) is 16.9 Å². The van der Waals surface area contributed by atoms with Crippen molar-refractivity contribution in [2.24, 2.45) is 33.1 Å². The number of hydrogen-bond acceptors (Lipinski definition) is 1. The normalized spacial score (nSPS) is 28.2. The fourth-order valence-corrected chi connectivity index (χ4v) is 1.16. The lowest BCUT2D eigenvalue weighted by molar-refractivity contribution is 0.759. The highest BCUT2D eigenvalue weighted by atomic mass is 15.1. The van der Waals surface area contributed by atoms with Crippen molar-refractivity contribution >= 4 is 11.9 Å². The van der Waals surface area contributed by atoms with Gasteiger partial charge in [-0.05, 0) is 12.3 Å². The molecule has 0 heterocycles. The van der Waals surface area contributed by atoms with Crippen LogP contribution in [-0.4, -0.2) is 18.0 Å². The van der Waals surface area contributed by atoms with Crippen LogP contribution in [0.2, 0.25) is 0 Å². The molecule has 0 aromatic rings. The van der Waals surface area contributed by atoms with Crippen LogP contribution >= 0.6 is 0 Å². The molecule has 1 aliphatic rings. The largest absolute Gasteiger partial charge is 0.370 e. The minimum Gasteiger partial charge on any atom is -0.370 e. The molecule has 1 rings (SSSR count). The first-order chi connectivity index (χ1) is 5.63. The highest BCUT2D eigenvalue weighted by Crippen LogP contribution is 2.36. The van der Waals surface area contributed by atoms with Gasteiger partial charge in [0.05, 0.1) is 6.04 Å². The van der Waals surface area contributed by atoms with Crippen LogP contribution in [0.25, 0.3) is 0 Å². The summed E-state index contributed by atoms with van der Waals surface area (Å²) in [6.07, 6.45) is 2.25. The van der Waals surface area contributed by atoms with E-state index in [1.807, 2.05) is 0 Å². The molecule has 1 aliphatic carbocycles. The van der Waals surface area contributed by atoms with Gasteiger partial charge in [0, 0.05) is 0 Å². The van der Waals surface area contributed by atoms with Crippen LogP contribution in [0.3, 0.4) is 0 Å². The number of aliphatic imine (C=N–C) groups is 2. The summed E-state index contributed by atoms with van der Waals surface area (Å²) >= 11 is 0. The monoisotopic (exact) mass is 169 g/mol. The lowest BCUT2D eigenvalue weighted by Crippen LogP contribution is -2.26. The maximum absolute atomic E-state index is 5.43. The molecule has 0 aromatic heterocycles. The van der Waals surface area contributed by atoms with E-state index in [1.54, 1.807) is 0 Å². The van der Waals surface area contributed by atoms with Crippen molar-refractivity contribution in [1.29, 1.82) is 0 Å². The molecule has 0 aromatic carbocycles. The zero-order valence-electron chi connectivity index (χ0n) is 7.20. The molecule has 5 heteroatoms. The zero-order valence-corrected chi connectivity index (χ0v) is 7.20. The van der Waals surface area contributed by atoms with Gasteiger partial charge in [0.25, 0.3) is 0 Å². The molecule has 0 saturated heterocycles. The Kier molecular flexibility index (Phi) is 2.52. The second kappa shape index (κ2) is 3.42. The first-order valence-corrected chi connectivity index (χ1v) is 4.06. The summed E-state index contributed by atoms with van der Waals surface area (Å²) in [4.78, 5) is 7.75. The molecule has 1 fully saturated rings. The smallest absolute Gasteiger partial charge is 0.218 e. The second-order valence-corrected chi connectivity index (χ2v) is 3.00. The summed E-state index contributed by atoms with van der Waals surface area (Å²) in [7, 11) is 0. The third-order valence-corrected chi connectivity index (χ3v) is 1.95. The van der Waals surface area contributed by atoms with E-state index >= 15 is 0 Å². The minimum absolute atomic E-state index is 0.0371. The quantitative estimate of drug-likeness (QED) is 0.379. The fourth-order valence-electron chi connectivity index (χ4n) is 1.16. The van der Waals surface area contributed by atoms with Crippen LogP contribution in [0.4, 0.5) is 0 Å². The summed E-state index contributed by atoms with van der Waals surface area (Å²) in [5.74, 6) is 0.832. The van der Waals surface area contributed by atoms with Gasteiger partial charge in [0.15, 0.2) is 5.96 Å². The number of nitrogens with two attached hydrogens (primary N) is 3. The van der Waals surface area contributed by atoms with E-state index in [1.165, 1.54) is 0 Å². The Labute approximate surface area is 71.7 Å². The third kappa shape index (κ3) is 2.41. The fraction of sp³-hybridized carbons (Fsp3) is 0.714. The van der Waals surface area contributed by atoms with Gasteiger partial charge in [-0.15, -0.1) is 0 Å². The Morgan fingerprint density at radius 1 is 1.42 bits per heavy atom. The average molecular weight is 169 g/mol. The number of hydrogen-bond donors (Lipinski definition) is 3. The van der Waals surface area contributed by atoms with Gasteiger partial charge in [-0.1, -0.05) is 13.3 Å². The van der Waals surface area contributed by atoms with Crippen LogP contribution < -0.4 is 17.2 Å². The number of nitrogens with zero attached hydrogens (tertiary/aromatic N) is 2. The Bertz CT molecular complexity index is 216. The molecule has 0 amide bonds. The van der Waals surface area contributed by atoms with Gasteiger partial charge in [-0.3, -0.25) is 0 Å². The first-order valence-electron chi connectivity index (χ1n) is 4.06. The van der Waals surface area contributed by atoms with Crippen molar-refractivity contribution < 1.29 is 0 Å². The molecular weight excluding hydrogens is 154 g/mol. The SMILES string of the molecule is CCC1CC1N=C(N)N=C(N)N. The van der Waals surface area contributed by atoms with Crippen molar-refractivity contribution in [2.45, 2.75) is 25.8 Å². The molecule has 6 N–H and O–H groups in total. The molecule has 12 heavy (non-hydrogen) atoms. The van der Waals surface area contributed by atoms with Crippen LogP contribution in [0.15, 0.2) is 9.98 Å². The highest BCUT2D eigenvalue weighted by molar-refractivity contribution is 5.92. The predicted octanol–water partition coefficient (Wildman–Crippen LogP) is -0.627. The summed E-state index contributed by atoms with van der Waals surface area (Å²) in [6, 6.07) is 0.345. The Morgan fingerprint density at radius 3 is 2.50 bits per heavy atom. The van der Waals surface area contributed by atoms with Gasteiger partial charge < -0.3 is 17.2 Å². The second-order valence-electron chi connectivity index (χ2n) is 3.00. The lowest BCUT2D eigenvalue weighted by Gasteiger charge is -1.93. The van der Waals surface area contributed by atoms with Gasteiger partial charge in [0.2, 0.25) is 5.96 Å². The van der Waals surface area contributed by atoms with Crippen molar-refractivity contribution in [1.82, 2.24) is 0 Å². The Morgan fingerprint density at radius 2 is 2.08 bits per heavy atom. The number of rotatable bonds is 2. The van der Waals surface area contributed by atoms with E-state index in [4.69, 9.17) is 17.2 Å². The third-order valence-electron chi connectivity index (χ3n) is 1.95. The molecule has 0 aliphatic heterocycles. The molecule has 2 unspecified atom stereocenters. The first kappa shape index (κ1) is 8.83. The molecule has 0 bridgehead atoms. The van der Waals surface area contributed by atoms with Crippen LogP contribution in [0.1, 0.15) is 19.8 Å². The highest BCUT2D eigenvalue weighted by Gasteiger charge is 2.35. The summed E-state index contributed by atoms with van der Waals surface area (Å²) in [6.45, 7) is 2.14. The minimum atomic E-state index is -0.0371. The van der Waals surface area contributed by atoms with Crippen LogP contribution in [0, 0.1) is 5.92 Å². The van der Waals surface area contributed by atoms with Gasteiger partial charge in [-0.25, -0.2) is 4.99 Å². The van der Waals surface area contributed by atoms with Crippen LogP contribution in [0.5, 0.6) is 0 Å². The molecule has 1 saturated carbocycles. The molecule has 0 spiro atoms. The molecule has 2 atom stereocenters. The summed E-state index contributed by atoms with van der Waals surface area (Å²) in [5.41, 5.74) is 15.7. The predicted molar refractivity (Wildman–Crippen MR) is 49.6 cm³/mol. The molecule has 0 radical (unpaired) electrons. The van der Waals surface area contributed by atoms with E-state index < -0.39 is 0 Å². The van der Waals surface area contributed by atoms with Gasteiger partial charge in [-0.2, -0.15) is 4.99 Å². The lowest BCUT2D eigenvalue weighted by atomic mass is 10.3. The topological polar surface area (TPSA) is 103 Å². The molecule has 68 valence electrons. The standard InChI is InChI=1S/C7H15N5/c1-2-4-3-5(4)11-7(10)12-6(8)9/h4-5H,2-3H2,1H3,(H6,8,9,10,11,12). The van der Waals surface area contributed by atoms with Crippen molar-refractivity contribution in [3.63, 3.8) is 0 Å². The van der Waals surface area contributed by atoms with E-state index in [-0.39, 0.29) is 11.9 Å².